The van der Waals surface area contributed by atoms with Crippen molar-refractivity contribution < 1.29 is 14.2 Å². The summed E-state index contributed by atoms with van der Waals surface area (Å²) in [6.07, 6.45) is 0. The van der Waals surface area contributed by atoms with Crippen LogP contribution in [-0.2, 0) is 13.2 Å². The maximum atomic E-state index is 6.01. The normalized spacial score (nSPS) is 10.9. The van der Waals surface area contributed by atoms with Gasteiger partial charge in [-0.3, -0.25) is 0 Å². The molecule has 0 fully saturated rings. The van der Waals surface area contributed by atoms with E-state index in [1.54, 1.807) is 0 Å². The molecule has 0 aliphatic carbocycles. The first kappa shape index (κ1) is 20.1. The highest BCUT2D eigenvalue weighted by molar-refractivity contribution is 6.30. The average Bonchev–Trinajstić information content (AvgIpc) is 3.12. The van der Waals surface area contributed by atoms with Crippen molar-refractivity contribution in [2.24, 2.45) is 0 Å². The van der Waals surface area contributed by atoms with Crippen LogP contribution in [0.3, 0.4) is 0 Å². The van der Waals surface area contributed by atoms with Crippen LogP contribution >= 0.6 is 11.6 Å². The van der Waals surface area contributed by atoms with Crippen LogP contribution in [0, 0.1) is 0 Å². The van der Waals surface area contributed by atoms with Crippen molar-refractivity contribution in [1.82, 2.24) is 9.55 Å². The van der Waals surface area contributed by atoms with Gasteiger partial charge in [-0.15, -0.1) is 0 Å². The Morgan fingerprint density at radius 1 is 0.833 bits per heavy atom. The van der Waals surface area contributed by atoms with Crippen molar-refractivity contribution in [3.05, 3.63) is 83.6 Å². The van der Waals surface area contributed by atoms with E-state index in [9.17, 15) is 0 Å². The molecule has 0 aliphatic rings. The summed E-state index contributed by atoms with van der Waals surface area (Å²) in [4.78, 5) is 4.75. The summed E-state index contributed by atoms with van der Waals surface area (Å²) in [5.41, 5.74) is 1.98. The smallest absolute Gasteiger partial charge is 0.161 e. The largest absolute Gasteiger partial charge is 0.490 e. The predicted molar refractivity (Wildman–Crippen MR) is 119 cm³/mol. The average molecular weight is 423 g/mol. The Morgan fingerprint density at radius 2 is 1.53 bits per heavy atom. The number of nitrogens with zero attached hydrogens (tertiary/aromatic N) is 2. The molecule has 0 N–H and O–H groups in total. The van der Waals surface area contributed by atoms with Gasteiger partial charge in [0.25, 0.3) is 0 Å². The van der Waals surface area contributed by atoms with Gasteiger partial charge in [-0.25, -0.2) is 4.98 Å². The molecule has 0 radical (unpaired) electrons. The first-order chi connectivity index (χ1) is 14.7. The van der Waals surface area contributed by atoms with Gasteiger partial charge >= 0.3 is 0 Å². The van der Waals surface area contributed by atoms with Gasteiger partial charge in [0, 0.05) is 5.02 Å². The summed E-state index contributed by atoms with van der Waals surface area (Å²) in [6, 6.07) is 23.1. The molecule has 4 rings (SSSR count). The number of ether oxygens (including phenoxy) is 3. The van der Waals surface area contributed by atoms with Gasteiger partial charge in [0.1, 0.15) is 24.8 Å². The minimum absolute atomic E-state index is 0.353. The molecule has 0 unspecified atom stereocenters. The van der Waals surface area contributed by atoms with Gasteiger partial charge < -0.3 is 18.8 Å². The molecule has 0 aliphatic heterocycles. The maximum Gasteiger partial charge on any atom is 0.161 e. The zero-order valence-corrected chi connectivity index (χ0v) is 17.5. The van der Waals surface area contributed by atoms with Crippen LogP contribution in [0.25, 0.3) is 11.0 Å². The molecule has 154 valence electrons. The minimum atomic E-state index is 0.353. The molecule has 30 heavy (non-hydrogen) atoms. The lowest BCUT2D eigenvalue weighted by atomic mass is 10.3. The number of para-hydroxylation sites is 4. The summed E-state index contributed by atoms with van der Waals surface area (Å²) in [5, 5.41) is 0.680. The monoisotopic (exact) mass is 422 g/mol. The highest BCUT2D eigenvalue weighted by atomic mass is 35.5. The molecule has 3 aromatic carbocycles. The zero-order chi connectivity index (χ0) is 20.8. The Morgan fingerprint density at radius 3 is 2.30 bits per heavy atom. The Kier molecular flexibility index (Phi) is 6.40. The highest BCUT2D eigenvalue weighted by Gasteiger charge is 2.12. The van der Waals surface area contributed by atoms with Crippen molar-refractivity contribution in [2.75, 3.05) is 13.2 Å². The second-order valence-corrected chi connectivity index (χ2v) is 7.08. The van der Waals surface area contributed by atoms with Crippen LogP contribution < -0.4 is 14.2 Å². The number of imidazole rings is 1. The second-order valence-electron chi connectivity index (χ2n) is 6.64. The SMILES string of the molecule is CCOc1ccccc1OCCn1c(COc2ccc(Cl)cc2)nc2ccccc21. The molecule has 0 spiro atoms. The second kappa shape index (κ2) is 9.55. The number of fused-ring (bicyclic) bond motifs is 1. The molecular weight excluding hydrogens is 400 g/mol. The molecule has 6 heteroatoms. The molecule has 0 bridgehead atoms. The number of halogens is 1. The summed E-state index contributed by atoms with van der Waals surface area (Å²) < 4.78 is 19.7. The van der Waals surface area contributed by atoms with Crippen LogP contribution in [0.2, 0.25) is 5.02 Å². The van der Waals surface area contributed by atoms with E-state index in [1.165, 1.54) is 0 Å². The van der Waals surface area contributed by atoms with E-state index in [4.69, 9.17) is 30.8 Å². The molecule has 0 atom stereocenters. The van der Waals surface area contributed by atoms with Crippen LogP contribution in [-0.4, -0.2) is 22.8 Å². The van der Waals surface area contributed by atoms with Gasteiger partial charge in [-0.05, 0) is 55.5 Å². The van der Waals surface area contributed by atoms with E-state index >= 15 is 0 Å². The fourth-order valence-corrected chi connectivity index (χ4v) is 3.38. The van der Waals surface area contributed by atoms with Crippen molar-refractivity contribution in [3.63, 3.8) is 0 Å². The van der Waals surface area contributed by atoms with Crippen molar-refractivity contribution >= 4 is 22.6 Å². The molecule has 0 saturated carbocycles. The summed E-state index contributed by atoms with van der Waals surface area (Å²) in [6.45, 7) is 4.03. The summed E-state index contributed by atoms with van der Waals surface area (Å²) in [5.74, 6) is 3.08. The lowest BCUT2D eigenvalue weighted by Crippen LogP contribution is -2.13. The standard InChI is InChI=1S/C24H23ClN2O3/c1-2-28-22-9-5-6-10-23(22)29-16-15-27-21-8-4-3-7-20(21)26-24(27)17-30-19-13-11-18(25)12-14-19/h3-14H,2,15-17H2,1H3. The van der Waals surface area contributed by atoms with E-state index in [-0.39, 0.29) is 0 Å². The quantitative estimate of drug-likeness (QED) is 0.344. The Balaban J connectivity index is 1.49. The van der Waals surface area contributed by atoms with Gasteiger partial charge in [0.2, 0.25) is 0 Å². The fraction of sp³-hybridized carbons (Fsp3) is 0.208. The lowest BCUT2D eigenvalue weighted by molar-refractivity contribution is 0.257. The van der Waals surface area contributed by atoms with E-state index in [1.807, 2.05) is 73.7 Å². The van der Waals surface area contributed by atoms with E-state index in [0.29, 0.717) is 31.4 Å². The van der Waals surface area contributed by atoms with E-state index in [2.05, 4.69) is 10.6 Å². The number of hydrogen-bond donors (Lipinski definition) is 0. The number of aromatic nitrogens is 2. The molecule has 4 aromatic rings. The van der Waals surface area contributed by atoms with Gasteiger partial charge in [-0.1, -0.05) is 35.9 Å². The molecule has 5 nitrogen and oxygen atoms in total. The van der Waals surface area contributed by atoms with E-state index in [0.717, 1.165) is 34.1 Å². The summed E-state index contributed by atoms with van der Waals surface area (Å²) in [7, 11) is 0. The van der Waals surface area contributed by atoms with Crippen LogP contribution in [0.15, 0.2) is 72.8 Å². The Bertz CT molecular complexity index is 1110. The molecule has 0 amide bonds. The van der Waals surface area contributed by atoms with E-state index < -0.39 is 0 Å². The predicted octanol–water partition coefficient (Wildman–Crippen LogP) is 5.75. The van der Waals surface area contributed by atoms with Crippen molar-refractivity contribution in [2.45, 2.75) is 20.1 Å². The first-order valence-corrected chi connectivity index (χ1v) is 10.3. The van der Waals surface area contributed by atoms with Gasteiger partial charge in [0.15, 0.2) is 11.5 Å². The molecule has 1 heterocycles. The molecule has 1 aromatic heterocycles. The van der Waals surface area contributed by atoms with Crippen LogP contribution in [0.5, 0.6) is 17.2 Å². The third-order valence-corrected chi connectivity index (χ3v) is 4.89. The van der Waals surface area contributed by atoms with Crippen LogP contribution in [0.1, 0.15) is 12.7 Å². The Hall–Kier alpha value is -3.18. The molecular formula is C24H23ClN2O3. The van der Waals surface area contributed by atoms with Crippen molar-refractivity contribution in [3.8, 4) is 17.2 Å². The highest BCUT2D eigenvalue weighted by Crippen LogP contribution is 2.26. The Labute approximate surface area is 180 Å². The topological polar surface area (TPSA) is 45.5 Å². The fourth-order valence-electron chi connectivity index (χ4n) is 3.25. The van der Waals surface area contributed by atoms with Gasteiger partial charge in [-0.2, -0.15) is 0 Å². The third-order valence-electron chi connectivity index (χ3n) is 4.64. The zero-order valence-electron chi connectivity index (χ0n) is 16.8. The number of benzene rings is 3. The third kappa shape index (κ3) is 4.69. The maximum absolute atomic E-state index is 6.01. The van der Waals surface area contributed by atoms with Crippen molar-refractivity contribution in [1.29, 1.82) is 0 Å². The molecule has 0 saturated heterocycles. The lowest BCUT2D eigenvalue weighted by Gasteiger charge is -2.14. The first-order valence-electron chi connectivity index (χ1n) is 9.91. The number of rotatable bonds is 9. The van der Waals surface area contributed by atoms with Gasteiger partial charge in [0.05, 0.1) is 24.2 Å². The summed E-state index contributed by atoms with van der Waals surface area (Å²) >= 11 is 5.95. The minimum Gasteiger partial charge on any atom is -0.490 e. The number of hydrogen-bond acceptors (Lipinski definition) is 4. The van der Waals surface area contributed by atoms with Crippen LogP contribution in [0.4, 0.5) is 0 Å².